The zero-order valence-electron chi connectivity index (χ0n) is 7.20. The molecule has 10 heavy (non-hydrogen) atoms. The molecule has 0 N–H and O–H groups in total. The van der Waals surface area contributed by atoms with Crippen LogP contribution < -0.4 is 17.0 Å². The Kier molecular flexibility index (Phi) is 22.4. The van der Waals surface area contributed by atoms with Crippen LogP contribution in [-0.4, -0.2) is 23.1 Å². The van der Waals surface area contributed by atoms with Gasteiger partial charge < -0.3 is 23.9 Å². The molecule has 0 aromatic heterocycles. The van der Waals surface area contributed by atoms with Crippen molar-refractivity contribution in [1.82, 2.24) is 0 Å². The van der Waals surface area contributed by atoms with Crippen molar-refractivity contribution in [2.75, 3.05) is 0 Å². The molecule has 0 nitrogen and oxygen atoms in total. The van der Waals surface area contributed by atoms with E-state index in [-0.39, 0.29) is 40.0 Å². The van der Waals surface area contributed by atoms with Crippen molar-refractivity contribution in [3.63, 3.8) is 0 Å². The predicted octanol–water partition coefficient (Wildman–Crippen LogP) is -0.340. The van der Waals surface area contributed by atoms with Gasteiger partial charge in [-0.15, -0.1) is 0 Å². The van der Waals surface area contributed by atoms with Crippen LogP contribution in [0.25, 0.3) is 0 Å². The Hall–Kier alpha value is 1.25. The Morgan fingerprint density at radius 3 is 2.10 bits per heavy atom. The second-order valence-electron chi connectivity index (χ2n) is 2.54. The van der Waals surface area contributed by atoms with E-state index in [2.05, 4.69) is 20.8 Å². The van der Waals surface area contributed by atoms with Gasteiger partial charge in [-0.25, -0.2) is 0 Å². The van der Waals surface area contributed by atoms with Crippen LogP contribution in [0.5, 0.6) is 0 Å². The first-order valence-corrected chi connectivity index (χ1v) is 3.60. The molecule has 0 saturated carbocycles. The fourth-order valence-corrected chi connectivity index (χ4v) is 0.986. The minimum absolute atomic E-state index is 0. The molecule has 0 spiro atoms. The number of hydrogen-bond acceptors (Lipinski definition) is 0. The molecule has 0 aliphatic rings. The fourth-order valence-electron chi connectivity index (χ4n) is 0.986. The van der Waals surface area contributed by atoms with E-state index in [4.69, 9.17) is 0 Å². The summed E-state index contributed by atoms with van der Waals surface area (Å²) in [4.78, 5) is 0. The summed E-state index contributed by atoms with van der Waals surface area (Å²) in [5, 5.41) is 0. The topological polar surface area (TPSA) is 0 Å². The van der Waals surface area contributed by atoms with Crippen LogP contribution in [0.1, 0.15) is 39.5 Å². The van der Waals surface area contributed by atoms with E-state index in [1.165, 1.54) is 19.3 Å². The minimum Gasteiger partial charge on any atom is -1.00 e. The molecular formula is C8H17BrMg. The Morgan fingerprint density at radius 2 is 1.80 bits per heavy atom. The largest absolute Gasteiger partial charge is 2.00 e. The van der Waals surface area contributed by atoms with E-state index in [0.29, 0.717) is 0 Å². The monoisotopic (exact) mass is 216 g/mol. The molecule has 0 heterocycles. The summed E-state index contributed by atoms with van der Waals surface area (Å²) in [7, 11) is 0. The van der Waals surface area contributed by atoms with Crippen LogP contribution in [0.4, 0.5) is 0 Å². The Balaban J connectivity index is -0.000000245. The van der Waals surface area contributed by atoms with Gasteiger partial charge in [0.05, 0.1) is 0 Å². The van der Waals surface area contributed by atoms with Crippen LogP contribution in [0.2, 0.25) is 0 Å². The summed E-state index contributed by atoms with van der Waals surface area (Å²) in [6, 6.07) is 0. The number of halogens is 1. The molecule has 0 amide bonds. The van der Waals surface area contributed by atoms with Crippen molar-refractivity contribution < 1.29 is 17.0 Å². The van der Waals surface area contributed by atoms with Crippen LogP contribution in [0.3, 0.4) is 0 Å². The van der Waals surface area contributed by atoms with E-state index in [1.54, 1.807) is 0 Å². The Morgan fingerprint density at radius 1 is 1.30 bits per heavy atom. The van der Waals surface area contributed by atoms with Crippen LogP contribution in [0, 0.1) is 12.8 Å². The molecule has 0 aromatic rings. The molecule has 0 saturated heterocycles. The van der Waals surface area contributed by atoms with Crippen molar-refractivity contribution in [2.45, 2.75) is 39.5 Å². The second kappa shape index (κ2) is 12.9. The fraction of sp³-hybridized carbons (Fsp3) is 0.875. The number of hydrogen-bond donors (Lipinski definition) is 0. The van der Waals surface area contributed by atoms with Crippen LogP contribution >= 0.6 is 0 Å². The van der Waals surface area contributed by atoms with E-state index >= 15 is 0 Å². The normalized spacial score (nSPS) is 11.1. The molecule has 1 atom stereocenters. The molecule has 0 aliphatic heterocycles. The molecule has 0 fully saturated rings. The second-order valence-corrected chi connectivity index (χ2v) is 2.54. The SMILES string of the molecule is [Br-].[CH2-]CCC(C)CCC.[Mg+2]. The third-order valence-corrected chi connectivity index (χ3v) is 1.48. The maximum atomic E-state index is 3.81. The summed E-state index contributed by atoms with van der Waals surface area (Å²) >= 11 is 0. The average Bonchev–Trinajstić information content (AvgIpc) is 1.68. The molecular weight excluding hydrogens is 200 g/mol. The molecule has 0 bridgehead atoms. The Bertz CT molecular complexity index is 42.5. The standard InChI is InChI=1S/C8H17.BrH.Mg/c1-4-6-8(3)7-5-2;;/h8H,1,4-7H2,2-3H3;1H;/q-1;;+2/p-1. The van der Waals surface area contributed by atoms with Gasteiger partial charge in [-0.2, -0.15) is 6.42 Å². The summed E-state index contributed by atoms with van der Waals surface area (Å²) in [6.45, 7) is 8.34. The van der Waals surface area contributed by atoms with E-state index in [0.717, 1.165) is 12.3 Å². The van der Waals surface area contributed by atoms with E-state index in [1.807, 2.05) is 0 Å². The third-order valence-electron chi connectivity index (χ3n) is 1.48. The van der Waals surface area contributed by atoms with Crippen molar-refractivity contribution in [1.29, 1.82) is 0 Å². The first-order chi connectivity index (χ1) is 3.81. The summed E-state index contributed by atoms with van der Waals surface area (Å²) in [5.41, 5.74) is 0. The van der Waals surface area contributed by atoms with E-state index < -0.39 is 0 Å². The quantitative estimate of drug-likeness (QED) is 0.446. The van der Waals surface area contributed by atoms with Crippen molar-refractivity contribution in [2.24, 2.45) is 5.92 Å². The maximum absolute atomic E-state index is 3.81. The zero-order chi connectivity index (χ0) is 6.41. The van der Waals surface area contributed by atoms with E-state index in [9.17, 15) is 0 Å². The van der Waals surface area contributed by atoms with Crippen molar-refractivity contribution in [3.05, 3.63) is 6.92 Å². The van der Waals surface area contributed by atoms with Gasteiger partial charge in [0.1, 0.15) is 0 Å². The van der Waals surface area contributed by atoms with Gasteiger partial charge in [0, 0.05) is 0 Å². The Labute approximate surface area is 92.1 Å². The van der Waals surface area contributed by atoms with Gasteiger partial charge in [0.15, 0.2) is 0 Å². The minimum atomic E-state index is 0. The van der Waals surface area contributed by atoms with Gasteiger partial charge in [-0.05, 0) is 5.92 Å². The van der Waals surface area contributed by atoms with Crippen LogP contribution in [-0.2, 0) is 0 Å². The molecule has 0 rings (SSSR count). The summed E-state index contributed by atoms with van der Waals surface area (Å²) in [5.74, 6) is 0.900. The van der Waals surface area contributed by atoms with Gasteiger partial charge in [-0.1, -0.05) is 33.1 Å². The zero-order valence-corrected chi connectivity index (χ0v) is 10.2. The molecule has 0 radical (unpaired) electrons. The molecule has 0 aromatic carbocycles. The average molecular weight is 217 g/mol. The summed E-state index contributed by atoms with van der Waals surface area (Å²) < 4.78 is 0. The van der Waals surface area contributed by atoms with Crippen molar-refractivity contribution >= 4 is 23.1 Å². The van der Waals surface area contributed by atoms with Gasteiger partial charge in [0.25, 0.3) is 0 Å². The van der Waals surface area contributed by atoms with Crippen LogP contribution in [0.15, 0.2) is 0 Å². The molecule has 58 valence electrons. The maximum Gasteiger partial charge on any atom is 2.00 e. The predicted molar refractivity (Wildman–Crippen MR) is 44.4 cm³/mol. The summed E-state index contributed by atoms with van der Waals surface area (Å²) in [6.07, 6.45) is 5.09. The molecule has 0 aliphatic carbocycles. The van der Waals surface area contributed by atoms with Gasteiger partial charge in [0.2, 0.25) is 0 Å². The first kappa shape index (κ1) is 17.4. The third kappa shape index (κ3) is 12.0. The van der Waals surface area contributed by atoms with Gasteiger partial charge in [-0.3, -0.25) is 0 Å². The number of rotatable bonds is 4. The molecule has 1 unspecified atom stereocenters. The van der Waals surface area contributed by atoms with Gasteiger partial charge >= 0.3 is 23.1 Å². The van der Waals surface area contributed by atoms with Crippen molar-refractivity contribution in [3.8, 4) is 0 Å². The smallest absolute Gasteiger partial charge is 1.00 e. The first-order valence-electron chi connectivity index (χ1n) is 3.60. The molecule has 2 heteroatoms.